The Morgan fingerprint density at radius 1 is 1.16 bits per heavy atom. The number of carbonyl (C=O) groups excluding carboxylic acids is 3. The van der Waals surface area contributed by atoms with Crippen molar-refractivity contribution in [1.82, 2.24) is 14.8 Å². The van der Waals surface area contributed by atoms with Gasteiger partial charge in [0, 0.05) is 37.4 Å². The minimum atomic E-state index is -0.319. The molecule has 1 aliphatic heterocycles. The van der Waals surface area contributed by atoms with Crippen molar-refractivity contribution < 1.29 is 19.1 Å². The number of Topliss-reactive ketones (excluding diaryl/α,β-unsaturated/α-hetero) is 2. The van der Waals surface area contributed by atoms with Gasteiger partial charge in [-0.3, -0.25) is 14.5 Å². The number of ether oxygens (including phenoxy) is 1. The van der Waals surface area contributed by atoms with Crippen molar-refractivity contribution >= 4 is 17.7 Å². The lowest BCUT2D eigenvalue weighted by molar-refractivity contribution is 0.0601. The van der Waals surface area contributed by atoms with E-state index in [2.05, 4.69) is 9.88 Å². The number of hydrogen-bond acceptors (Lipinski definition) is 5. The lowest BCUT2D eigenvalue weighted by Gasteiger charge is -2.36. The number of rotatable bonds is 5. The van der Waals surface area contributed by atoms with E-state index in [1.807, 2.05) is 13.8 Å². The summed E-state index contributed by atoms with van der Waals surface area (Å²) >= 11 is 0. The summed E-state index contributed by atoms with van der Waals surface area (Å²) < 4.78 is 5.01. The zero-order chi connectivity index (χ0) is 18.7. The van der Waals surface area contributed by atoms with E-state index in [1.54, 1.807) is 18.7 Å². The molecule has 138 valence electrons. The minimum absolute atomic E-state index is 0.0299. The fourth-order valence-corrected chi connectivity index (χ4v) is 3.41. The molecule has 0 spiro atoms. The summed E-state index contributed by atoms with van der Waals surface area (Å²) in [5.41, 5.74) is 2.55. The van der Waals surface area contributed by atoms with Gasteiger partial charge in [-0.25, -0.2) is 4.79 Å². The van der Waals surface area contributed by atoms with E-state index in [1.165, 1.54) is 6.92 Å². The maximum Gasteiger partial charge on any atom is 0.409 e. The molecule has 1 aromatic rings. The van der Waals surface area contributed by atoms with Crippen LogP contribution in [0.2, 0.25) is 0 Å². The SMILES string of the molecule is CCOC(=O)N1CCN([C@@H](C)C(=O)c2[nH]c(C)c(C(C)=O)c2C)CC1. The predicted octanol–water partition coefficient (Wildman–Crippen LogP) is 2.18. The van der Waals surface area contributed by atoms with E-state index >= 15 is 0 Å². The van der Waals surface area contributed by atoms with E-state index in [0.717, 1.165) is 5.69 Å². The average Bonchev–Trinajstić information content (AvgIpc) is 2.88. The molecule has 2 heterocycles. The van der Waals surface area contributed by atoms with Gasteiger partial charge in [-0.1, -0.05) is 0 Å². The summed E-state index contributed by atoms with van der Waals surface area (Å²) in [5, 5.41) is 0. The molecular formula is C18H27N3O4. The molecule has 0 aliphatic carbocycles. The molecular weight excluding hydrogens is 322 g/mol. The monoisotopic (exact) mass is 349 g/mol. The third-order valence-corrected chi connectivity index (χ3v) is 4.80. The number of H-pyrrole nitrogens is 1. The highest BCUT2D eigenvalue weighted by atomic mass is 16.6. The predicted molar refractivity (Wildman–Crippen MR) is 94.2 cm³/mol. The number of aromatic nitrogens is 1. The molecule has 0 radical (unpaired) electrons. The molecule has 2 rings (SSSR count). The highest BCUT2D eigenvalue weighted by Gasteiger charge is 2.30. The van der Waals surface area contributed by atoms with E-state index < -0.39 is 0 Å². The number of carbonyl (C=O) groups is 3. The Morgan fingerprint density at radius 2 is 1.76 bits per heavy atom. The van der Waals surface area contributed by atoms with Crippen LogP contribution in [0, 0.1) is 13.8 Å². The van der Waals surface area contributed by atoms with Crippen molar-refractivity contribution in [3.63, 3.8) is 0 Å². The Hall–Kier alpha value is -2.15. The van der Waals surface area contributed by atoms with Gasteiger partial charge in [-0.05, 0) is 40.2 Å². The summed E-state index contributed by atoms with van der Waals surface area (Å²) in [7, 11) is 0. The molecule has 0 aromatic carbocycles. The molecule has 7 nitrogen and oxygen atoms in total. The van der Waals surface area contributed by atoms with Crippen molar-refractivity contribution in [3.05, 3.63) is 22.5 Å². The van der Waals surface area contributed by atoms with Crippen molar-refractivity contribution in [3.8, 4) is 0 Å². The quantitative estimate of drug-likeness (QED) is 0.824. The fraction of sp³-hybridized carbons (Fsp3) is 0.611. The number of piperazine rings is 1. The maximum atomic E-state index is 12.9. The first-order valence-corrected chi connectivity index (χ1v) is 8.68. The van der Waals surface area contributed by atoms with E-state index in [4.69, 9.17) is 4.74 Å². The molecule has 0 saturated carbocycles. The highest BCUT2D eigenvalue weighted by molar-refractivity contribution is 6.05. The van der Waals surface area contributed by atoms with Gasteiger partial charge in [0.05, 0.1) is 18.3 Å². The summed E-state index contributed by atoms with van der Waals surface area (Å²) in [6, 6.07) is -0.319. The first-order valence-electron chi connectivity index (χ1n) is 8.68. The normalized spacial score (nSPS) is 16.6. The standard InChI is InChI=1S/C18H27N3O4/c1-6-25-18(24)21-9-7-20(8-10-21)13(4)17(23)16-11(2)15(14(5)22)12(3)19-16/h13,19H,6-10H2,1-5H3/t13-/m0/s1. The largest absolute Gasteiger partial charge is 0.450 e. The maximum absolute atomic E-state index is 12.9. The second-order valence-corrected chi connectivity index (χ2v) is 6.44. The van der Waals surface area contributed by atoms with Crippen LogP contribution in [0.4, 0.5) is 4.79 Å². The molecule has 0 unspecified atom stereocenters. The minimum Gasteiger partial charge on any atom is -0.450 e. The second kappa shape index (κ2) is 7.82. The molecule has 1 amide bonds. The van der Waals surface area contributed by atoms with E-state index in [-0.39, 0.29) is 23.7 Å². The van der Waals surface area contributed by atoms with E-state index in [9.17, 15) is 14.4 Å². The Morgan fingerprint density at radius 3 is 2.24 bits per heavy atom. The molecule has 7 heteroatoms. The Bertz CT molecular complexity index is 672. The number of hydrogen-bond donors (Lipinski definition) is 1. The average molecular weight is 349 g/mol. The molecule has 1 atom stereocenters. The smallest absolute Gasteiger partial charge is 0.409 e. The number of nitrogens with one attached hydrogen (secondary N) is 1. The van der Waals surface area contributed by atoms with Crippen LogP contribution < -0.4 is 0 Å². The van der Waals surface area contributed by atoms with Crippen LogP contribution >= 0.6 is 0 Å². The van der Waals surface area contributed by atoms with Crippen LogP contribution in [0.3, 0.4) is 0 Å². The Kier molecular flexibility index (Phi) is 6.00. The van der Waals surface area contributed by atoms with Gasteiger partial charge in [0.2, 0.25) is 0 Å². The number of ketones is 2. The van der Waals surface area contributed by atoms with Crippen LogP contribution in [0.5, 0.6) is 0 Å². The van der Waals surface area contributed by atoms with Crippen LogP contribution in [-0.2, 0) is 4.74 Å². The van der Waals surface area contributed by atoms with Gasteiger partial charge < -0.3 is 14.6 Å². The summed E-state index contributed by atoms with van der Waals surface area (Å²) in [6.07, 6.45) is -0.303. The fourth-order valence-electron chi connectivity index (χ4n) is 3.41. The van der Waals surface area contributed by atoms with Gasteiger partial charge in [0.15, 0.2) is 11.6 Å². The molecule has 1 aromatic heterocycles. The molecule has 1 aliphatic rings. The Labute approximate surface area is 148 Å². The van der Waals surface area contributed by atoms with Crippen molar-refractivity contribution in [2.24, 2.45) is 0 Å². The van der Waals surface area contributed by atoms with Crippen molar-refractivity contribution in [2.75, 3.05) is 32.8 Å². The van der Waals surface area contributed by atoms with Gasteiger partial charge in [-0.15, -0.1) is 0 Å². The molecule has 1 fully saturated rings. The molecule has 1 N–H and O–H groups in total. The van der Waals surface area contributed by atoms with Crippen LogP contribution in [0.25, 0.3) is 0 Å². The third-order valence-electron chi connectivity index (χ3n) is 4.80. The summed E-state index contributed by atoms with van der Waals surface area (Å²) in [5.74, 6) is -0.0707. The second-order valence-electron chi connectivity index (χ2n) is 6.44. The third kappa shape index (κ3) is 3.92. The molecule has 1 saturated heterocycles. The zero-order valence-corrected chi connectivity index (χ0v) is 15.6. The zero-order valence-electron chi connectivity index (χ0n) is 15.6. The molecule has 25 heavy (non-hydrogen) atoms. The van der Waals surface area contributed by atoms with Gasteiger partial charge in [0.25, 0.3) is 0 Å². The number of aromatic amines is 1. The first-order chi connectivity index (χ1) is 11.8. The van der Waals surface area contributed by atoms with Crippen LogP contribution in [-0.4, -0.2) is 71.3 Å². The van der Waals surface area contributed by atoms with Gasteiger partial charge >= 0.3 is 6.09 Å². The number of amides is 1. The van der Waals surface area contributed by atoms with Gasteiger partial charge in [0.1, 0.15) is 0 Å². The van der Waals surface area contributed by atoms with Crippen molar-refractivity contribution in [2.45, 2.75) is 40.7 Å². The van der Waals surface area contributed by atoms with Crippen LogP contribution in [0.1, 0.15) is 52.9 Å². The summed E-state index contributed by atoms with van der Waals surface area (Å²) in [6.45, 7) is 11.4. The van der Waals surface area contributed by atoms with Crippen molar-refractivity contribution in [1.29, 1.82) is 0 Å². The number of aryl methyl sites for hydroxylation is 1. The highest BCUT2D eigenvalue weighted by Crippen LogP contribution is 2.21. The lowest BCUT2D eigenvalue weighted by Crippen LogP contribution is -2.53. The van der Waals surface area contributed by atoms with Gasteiger partial charge in [-0.2, -0.15) is 0 Å². The summed E-state index contributed by atoms with van der Waals surface area (Å²) in [4.78, 5) is 43.2. The number of nitrogens with zero attached hydrogens (tertiary/aromatic N) is 2. The Balaban J connectivity index is 2.06. The lowest BCUT2D eigenvalue weighted by atomic mass is 10.0. The first kappa shape index (κ1) is 19.2. The van der Waals surface area contributed by atoms with Crippen LogP contribution in [0.15, 0.2) is 0 Å². The molecule has 0 bridgehead atoms. The van der Waals surface area contributed by atoms with E-state index in [0.29, 0.717) is 49.6 Å². The topological polar surface area (TPSA) is 82.7 Å².